The van der Waals surface area contributed by atoms with Gasteiger partial charge in [-0.1, -0.05) is 0 Å². The second-order valence-electron chi connectivity index (χ2n) is 3.61. The van der Waals surface area contributed by atoms with Gasteiger partial charge in [0.15, 0.2) is 9.84 Å². The molecule has 18 heavy (non-hydrogen) atoms. The van der Waals surface area contributed by atoms with Gasteiger partial charge in [0.25, 0.3) is 0 Å². The first-order chi connectivity index (χ1) is 8.48. The molecule has 0 radical (unpaired) electrons. The number of nitriles is 1. The summed E-state index contributed by atoms with van der Waals surface area (Å²) in [6.45, 7) is 0. The molecule has 0 atom stereocenters. The summed E-state index contributed by atoms with van der Waals surface area (Å²) in [7, 11) is -2.11. The van der Waals surface area contributed by atoms with E-state index in [4.69, 9.17) is 9.68 Å². The lowest BCUT2D eigenvalue weighted by Gasteiger charge is -2.00. The van der Waals surface area contributed by atoms with Crippen molar-refractivity contribution in [2.75, 3.05) is 12.9 Å². The number of carbonyl (C=O) groups excluding carboxylic acids is 1. The molecule has 0 saturated carbocycles. The van der Waals surface area contributed by atoms with Crippen molar-refractivity contribution in [1.82, 2.24) is 0 Å². The number of carbonyl (C=O) groups is 1. The van der Waals surface area contributed by atoms with Gasteiger partial charge in [0.05, 0.1) is 18.9 Å². The van der Waals surface area contributed by atoms with E-state index in [9.17, 15) is 13.2 Å². The highest BCUT2D eigenvalue weighted by molar-refractivity contribution is 7.90. The molecule has 0 aromatic carbocycles. The van der Waals surface area contributed by atoms with Crippen LogP contribution in [0.5, 0.6) is 0 Å². The molecule has 0 saturated heterocycles. The fraction of sp³-hybridized carbons (Fsp3) is 0.455. The van der Waals surface area contributed by atoms with E-state index in [-0.39, 0.29) is 29.4 Å². The van der Waals surface area contributed by atoms with Crippen LogP contribution in [0.15, 0.2) is 16.5 Å². The van der Waals surface area contributed by atoms with E-state index >= 15 is 0 Å². The number of furan rings is 1. The third-order valence-electron chi connectivity index (χ3n) is 2.15. The van der Waals surface area contributed by atoms with Gasteiger partial charge in [-0.25, -0.2) is 13.2 Å². The Morgan fingerprint density at radius 1 is 1.50 bits per heavy atom. The number of esters is 1. The van der Waals surface area contributed by atoms with Gasteiger partial charge >= 0.3 is 5.97 Å². The second kappa shape index (κ2) is 6.21. The average Bonchev–Trinajstić information content (AvgIpc) is 2.75. The van der Waals surface area contributed by atoms with Gasteiger partial charge in [-0.3, -0.25) is 0 Å². The van der Waals surface area contributed by atoms with E-state index < -0.39 is 15.8 Å². The molecule has 6 nitrogen and oxygen atoms in total. The van der Waals surface area contributed by atoms with E-state index in [1.165, 1.54) is 19.2 Å². The standard InChI is InChI=1S/C11H13NO5S/c1-16-11(13)10-5-4-9(17-10)8-18(14,15)7-3-2-6-12/h4-5H,2-3,7-8H2,1H3. The Morgan fingerprint density at radius 3 is 2.83 bits per heavy atom. The van der Waals surface area contributed by atoms with Crippen molar-refractivity contribution in [3.63, 3.8) is 0 Å². The van der Waals surface area contributed by atoms with E-state index in [1.54, 1.807) is 0 Å². The fourth-order valence-electron chi connectivity index (χ4n) is 1.33. The number of hydrogen-bond donors (Lipinski definition) is 0. The number of sulfone groups is 1. The van der Waals surface area contributed by atoms with Gasteiger partial charge in [0, 0.05) is 6.42 Å². The number of nitrogens with zero attached hydrogens (tertiary/aromatic N) is 1. The second-order valence-corrected chi connectivity index (χ2v) is 5.80. The lowest BCUT2D eigenvalue weighted by molar-refractivity contribution is 0.0563. The highest BCUT2D eigenvalue weighted by atomic mass is 32.2. The molecule has 1 aromatic heterocycles. The predicted octanol–water partition coefficient (Wildman–Crippen LogP) is 1.28. The molecule has 0 aliphatic carbocycles. The van der Waals surface area contributed by atoms with Crippen molar-refractivity contribution in [2.45, 2.75) is 18.6 Å². The molecule has 0 aliphatic rings. The largest absolute Gasteiger partial charge is 0.463 e. The number of ether oxygens (including phenoxy) is 1. The molecule has 0 spiro atoms. The summed E-state index contributed by atoms with van der Waals surface area (Å²) >= 11 is 0. The Labute approximate surface area is 105 Å². The smallest absolute Gasteiger partial charge is 0.373 e. The van der Waals surface area contributed by atoms with Crippen LogP contribution in [0.3, 0.4) is 0 Å². The van der Waals surface area contributed by atoms with Gasteiger partial charge < -0.3 is 9.15 Å². The topological polar surface area (TPSA) is 97.4 Å². The van der Waals surface area contributed by atoms with Crippen LogP contribution in [0.1, 0.15) is 29.2 Å². The minimum Gasteiger partial charge on any atom is -0.463 e. The van der Waals surface area contributed by atoms with Crippen LogP contribution in [-0.4, -0.2) is 27.2 Å². The normalized spacial score (nSPS) is 10.9. The SMILES string of the molecule is COC(=O)c1ccc(CS(=O)(=O)CCCC#N)o1. The Hall–Kier alpha value is -1.81. The maximum absolute atomic E-state index is 11.6. The molecule has 98 valence electrons. The molecule has 7 heteroatoms. The van der Waals surface area contributed by atoms with Gasteiger partial charge in [0.2, 0.25) is 5.76 Å². The highest BCUT2D eigenvalue weighted by Gasteiger charge is 2.17. The number of methoxy groups -OCH3 is 1. The Balaban J connectivity index is 2.65. The zero-order valence-corrected chi connectivity index (χ0v) is 10.7. The van der Waals surface area contributed by atoms with E-state index in [2.05, 4.69) is 4.74 Å². The molecule has 0 amide bonds. The molecule has 0 unspecified atom stereocenters. The Bertz CT molecular complexity index is 552. The molecule has 0 aliphatic heterocycles. The summed E-state index contributed by atoms with van der Waals surface area (Å²) in [5.74, 6) is -0.847. The first-order valence-corrected chi connectivity index (χ1v) is 7.05. The monoisotopic (exact) mass is 271 g/mol. The lowest BCUT2D eigenvalue weighted by Crippen LogP contribution is -2.08. The number of unbranched alkanes of at least 4 members (excludes halogenated alkanes) is 1. The van der Waals surface area contributed by atoms with E-state index in [0.717, 1.165) is 0 Å². The molecular weight excluding hydrogens is 258 g/mol. The summed E-state index contributed by atoms with van der Waals surface area (Å²) in [5, 5.41) is 8.33. The van der Waals surface area contributed by atoms with Crippen molar-refractivity contribution >= 4 is 15.8 Å². The van der Waals surface area contributed by atoms with Gasteiger partial charge in [-0.15, -0.1) is 0 Å². The van der Waals surface area contributed by atoms with E-state index in [1.807, 2.05) is 6.07 Å². The van der Waals surface area contributed by atoms with E-state index in [0.29, 0.717) is 6.42 Å². The minimum absolute atomic E-state index is 0.0280. The zero-order chi connectivity index (χ0) is 13.6. The van der Waals surface area contributed by atoms with Crippen molar-refractivity contribution in [3.8, 4) is 6.07 Å². The van der Waals surface area contributed by atoms with Crippen molar-refractivity contribution < 1.29 is 22.4 Å². The van der Waals surface area contributed by atoms with Crippen molar-refractivity contribution in [2.24, 2.45) is 0 Å². The fourth-order valence-corrected chi connectivity index (χ4v) is 2.64. The third-order valence-corrected chi connectivity index (χ3v) is 3.79. The van der Waals surface area contributed by atoms with Crippen LogP contribution < -0.4 is 0 Å². The summed E-state index contributed by atoms with van der Waals surface area (Å²) in [5.41, 5.74) is 0. The summed E-state index contributed by atoms with van der Waals surface area (Å²) in [6.07, 6.45) is 0.494. The Kier molecular flexibility index (Phi) is 4.92. The first kappa shape index (κ1) is 14.3. The molecule has 0 N–H and O–H groups in total. The molecule has 1 rings (SSSR count). The van der Waals surface area contributed by atoms with Gasteiger partial charge in [-0.2, -0.15) is 5.26 Å². The molecular formula is C11H13NO5S. The predicted molar refractivity (Wildman–Crippen MR) is 62.4 cm³/mol. The summed E-state index contributed by atoms with van der Waals surface area (Å²) < 4.78 is 32.8. The highest BCUT2D eigenvalue weighted by Crippen LogP contribution is 2.13. The van der Waals surface area contributed by atoms with Gasteiger partial charge in [0.1, 0.15) is 11.5 Å². The maximum atomic E-state index is 11.6. The van der Waals surface area contributed by atoms with Crippen LogP contribution in [-0.2, 0) is 20.3 Å². The third kappa shape index (κ3) is 4.22. The molecule has 1 aromatic rings. The van der Waals surface area contributed by atoms with Crippen LogP contribution in [0.4, 0.5) is 0 Å². The van der Waals surface area contributed by atoms with Crippen molar-refractivity contribution in [1.29, 1.82) is 5.26 Å². The van der Waals surface area contributed by atoms with Gasteiger partial charge in [-0.05, 0) is 18.6 Å². The molecule has 0 bridgehead atoms. The average molecular weight is 271 g/mol. The number of rotatable bonds is 6. The van der Waals surface area contributed by atoms with Crippen LogP contribution in [0.2, 0.25) is 0 Å². The van der Waals surface area contributed by atoms with Crippen LogP contribution in [0, 0.1) is 11.3 Å². The van der Waals surface area contributed by atoms with Crippen LogP contribution >= 0.6 is 0 Å². The molecule has 0 fully saturated rings. The number of hydrogen-bond acceptors (Lipinski definition) is 6. The zero-order valence-electron chi connectivity index (χ0n) is 9.88. The van der Waals surface area contributed by atoms with Crippen molar-refractivity contribution in [3.05, 3.63) is 23.7 Å². The Morgan fingerprint density at radius 2 is 2.22 bits per heavy atom. The maximum Gasteiger partial charge on any atom is 0.373 e. The summed E-state index contributed by atoms with van der Waals surface area (Å²) in [4.78, 5) is 11.1. The quantitative estimate of drug-likeness (QED) is 0.571. The minimum atomic E-state index is -3.32. The molecule has 1 heterocycles. The lowest BCUT2D eigenvalue weighted by atomic mass is 10.4. The first-order valence-electron chi connectivity index (χ1n) is 5.23. The summed E-state index contributed by atoms with van der Waals surface area (Å²) in [6, 6.07) is 4.67. The van der Waals surface area contributed by atoms with Crippen LogP contribution in [0.25, 0.3) is 0 Å².